The molecular weight excluding hydrogens is 198 g/mol. The summed E-state index contributed by atoms with van der Waals surface area (Å²) in [7, 11) is 0. The molecule has 1 aromatic heterocycles. The van der Waals surface area contributed by atoms with Crippen LogP contribution >= 0.6 is 0 Å². The van der Waals surface area contributed by atoms with Gasteiger partial charge >= 0.3 is 0 Å². The van der Waals surface area contributed by atoms with Gasteiger partial charge < -0.3 is 5.32 Å². The lowest BCUT2D eigenvalue weighted by molar-refractivity contribution is 0.225. The highest BCUT2D eigenvalue weighted by atomic mass is 14.9. The van der Waals surface area contributed by atoms with Crippen LogP contribution < -0.4 is 5.32 Å². The Hall–Kier alpha value is -0.960. The molecule has 1 N–H and O–H groups in total. The molecule has 1 fully saturated rings. The van der Waals surface area contributed by atoms with Gasteiger partial charge in [0, 0.05) is 31.2 Å². The van der Waals surface area contributed by atoms with Crippen molar-refractivity contribution >= 4 is 0 Å². The highest BCUT2D eigenvalue weighted by Gasteiger charge is 2.23. The predicted molar refractivity (Wildman–Crippen MR) is 64.8 cm³/mol. The van der Waals surface area contributed by atoms with E-state index in [0.717, 1.165) is 24.1 Å². The van der Waals surface area contributed by atoms with Gasteiger partial charge in [0.1, 0.15) is 0 Å². The summed E-state index contributed by atoms with van der Waals surface area (Å²) in [5.41, 5.74) is 1.04. The summed E-state index contributed by atoms with van der Waals surface area (Å²) in [6.07, 6.45) is 9.24. The third-order valence-corrected chi connectivity index (χ3v) is 3.79. The second-order valence-electron chi connectivity index (χ2n) is 5.04. The van der Waals surface area contributed by atoms with E-state index < -0.39 is 0 Å². The van der Waals surface area contributed by atoms with Crippen molar-refractivity contribution in [1.82, 2.24) is 15.3 Å². The molecule has 0 bridgehead atoms. The van der Waals surface area contributed by atoms with Gasteiger partial charge in [0.25, 0.3) is 0 Å². The van der Waals surface area contributed by atoms with Crippen molar-refractivity contribution in [3.05, 3.63) is 24.3 Å². The summed E-state index contributed by atoms with van der Waals surface area (Å²) in [5.74, 6) is 1.72. The minimum absolute atomic E-state index is 0.660. The molecule has 0 saturated heterocycles. The van der Waals surface area contributed by atoms with Gasteiger partial charge in [-0.25, -0.2) is 0 Å². The average Bonchev–Trinajstić information content (AvgIpc) is 2.32. The fourth-order valence-corrected chi connectivity index (χ4v) is 2.40. The van der Waals surface area contributed by atoms with E-state index >= 15 is 0 Å². The zero-order chi connectivity index (χ0) is 11.4. The Kier molecular flexibility index (Phi) is 3.88. The molecular formula is C13H21N3. The number of nitrogens with zero attached hydrogens (tertiary/aromatic N) is 2. The van der Waals surface area contributed by atoms with Crippen molar-refractivity contribution in [2.75, 3.05) is 0 Å². The first-order chi connectivity index (χ1) is 7.75. The zero-order valence-corrected chi connectivity index (χ0v) is 10.2. The highest BCUT2D eigenvalue weighted by Crippen LogP contribution is 2.29. The molecule has 1 saturated carbocycles. The monoisotopic (exact) mass is 219 g/mol. The Balaban J connectivity index is 1.79. The van der Waals surface area contributed by atoms with Crippen LogP contribution in [-0.4, -0.2) is 16.0 Å². The predicted octanol–water partition coefficient (Wildman–Crippen LogP) is 2.39. The first kappa shape index (κ1) is 11.5. The molecule has 2 rings (SSSR count). The molecule has 1 aromatic rings. The maximum atomic E-state index is 4.27. The van der Waals surface area contributed by atoms with Gasteiger partial charge in [0.05, 0.1) is 5.69 Å². The summed E-state index contributed by atoms with van der Waals surface area (Å²) < 4.78 is 0. The van der Waals surface area contributed by atoms with Crippen LogP contribution in [0, 0.1) is 11.8 Å². The quantitative estimate of drug-likeness (QED) is 0.848. The summed E-state index contributed by atoms with van der Waals surface area (Å²) in [5, 5.41) is 3.59. The molecule has 3 atom stereocenters. The minimum atomic E-state index is 0.660. The van der Waals surface area contributed by atoms with Crippen LogP contribution in [0.1, 0.15) is 38.8 Å². The molecule has 3 heteroatoms. The number of hydrogen-bond acceptors (Lipinski definition) is 3. The molecule has 0 aromatic carbocycles. The van der Waals surface area contributed by atoms with Crippen LogP contribution in [0.25, 0.3) is 0 Å². The smallest absolute Gasteiger partial charge is 0.0724 e. The molecule has 0 radical (unpaired) electrons. The van der Waals surface area contributed by atoms with E-state index in [4.69, 9.17) is 0 Å². The van der Waals surface area contributed by atoms with Crippen LogP contribution in [0.3, 0.4) is 0 Å². The molecule has 1 aliphatic carbocycles. The van der Waals surface area contributed by atoms with E-state index in [-0.39, 0.29) is 0 Å². The van der Waals surface area contributed by atoms with Gasteiger partial charge in [-0.15, -0.1) is 0 Å². The van der Waals surface area contributed by atoms with Gasteiger partial charge in [-0.3, -0.25) is 9.97 Å². The van der Waals surface area contributed by atoms with E-state index in [0.29, 0.717) is 6.04 Å². The first-order valence-corrected chi connectivity index (χ1v) is 6.24. The van der Waals surface area contributed by atoms with Gasteiger partial charge in [-0.1, -0.05) is 13.8 Å². The third-order valence-electron chi connectivity index (χ3n) is 3.79. The van der Waals surface area contributed by atoms with E-state index in [1.807, 2.05) is 6.20 Å². The summed E-state index contributed by atoms with van der Waals surface area (Å²) in [6, 6.07) is 0.660. The van der Waals surface area contributed by atoms with Crippen molar-refractivity contribution in [2.45, 2.75) is 45.7 Å². The fourth-order valence-electron chi connectivity index (χ4n) is 2.40. The van der Waals surface area contributed by atoms with E-state index in [2.05, 4.69) is 29.1 Å². The molecule has 1 heterocycles. The van der Waals surface area contributed by atoms with Crippen LogP contribution in [-0.2, 0) is 6.54 Å². The van der Waals surface area contributed by atoms with Crippen molar-refractivity contribution < 1.29 is 0 Å². The lowest BCUT2D eigenvalue weighted by atomic mass is 9.79. The van der Waals surface area contributed by atoms with E-state index in [9.17, 15) is 0 Å². The molecule has 3 unspecified atom stereocenters. The second kappa shape index (κ2) is 5.39. The van der Waals surface area contributed by atoms with Gasteiger partial charge in [0.15, 0.2) is 0 Å². The lowest BCUT2D eigenvalue weighted by Crippen LogP contribution is -2.35. The van der Waals surface area contributed by atoms with E-state index in [1.165, 1.54) is 19.3 Å². The van der Waals surface area contributed by atoms with Crippen molar-refractivity contribution in [3.8, 4) is 0 Å². The summed E-state index contributed by atoms with van der Waals surface area (Å²) in [4.78, 5) is 8.35. The van der Waals surface area contributed by atoms with Gasteiger partial charge in [0.2, 0.25) is 0 Å². The summed E-state index contributed by atoms with van der Waals surface area (Å²) >= 11 is 0. The van der Waals surface area contributed by atoms with Gasteiger partial charge in [-0.05, 0) is 31.1 Å². The maximum Gasteiger partial charge on any atom is 0.0724 e. The van der Waals surface area contributed by atoms with Crippen molar-refractivity contribution in [3.63, 3.8) is 0 Å². The Morgan fingerprint density at radius 3 is 2.81 bits per heavy atom. The molecule has 0 aliphatic heterocycles. The zero-order valence-electron chi connectivity index (χ0n) is 10.2. The third kappa shape index (κ3) is 3.01. The summed E-state index contributed by atoms with van der Waals surface area (Å²) in [6.45, 7) is 5.57. The highest BCUT2D eigenvalue weighted by molar-refractivity contribution is 4.94. The maximum absolute atomic E-state index is 4.27. The number of rotatable bonds is 3. The number of nitrogens with one attached hydrogen (secondary N) is 1. The second-order valence-corrected chi connectivity index (χ2v) is 5.04. The SMILES string of the molecule is CC1CCC(NCc2cnccn2)CC1C. The first-order valence-electron chi connectivity index (χ1n) is 6.24. The number of aromatic nitrogens is 2. The molecule has 16 heavy (non-hydrogen) atoms. The van der Waals surface area contributed by atoms with Crippen LogP contribution in [0.5, 0.6) is 0 Å². The van der Waals surface area contributed by atoms with Crippen LogP contribution in [0.4, 0.5) is 0 Å². The molecule has 0 amide bonds. The largest absolute Gasteiger partial charge is 0.308 e. The Labute approximate surface area is 97.7 Å². The van der Waals surface area contributed by atoms with Crippen molar-refractivity contribution in [2.24, 2.45) is 11.8 Å². The number of hydrogen-bond donors (Lipinski definition) is 1. The van der Waals surface area contributed by atoms with Crippen molar-refractivity contribution in [1.29, 1.82) is 0 Å². The molecule has 3 nitrogen and oxygen atoms in total. The molecule has 88 valence electrons. The lowest BCUT2D eigenvalue weighted by Gasteiger charge is -2.32. The van der Waals surface area contributed by atoms with Crippen LogP contribution in [0.15, 0.2) is 18.6 Å². The average molecular weight is 219 g/mol. The Morgan fingerprint density at radius 2 is 2.12 bits per heavy atom. The fraction of sp³-hybridized carbons (Fsp3) is 0.692. The van der Waals surface area contributed by atoms with Crippen LogP contribution in [0.2, 0.25) is 0 Å². The molecule has 1 aliphatic rings. The topological polar surface area (TPSA) is 37.8 Å². The normalized spacial score (nSPS) is 30.2. The standard InChI is InChI=1S/C13H21N3/c1-10-3-4-12(7-11(10)2)16-9-13-8-14-5-6-15-13/h5-6,8,10-12,16H,3-4,7,9H2,1-2H3. The Bertz CT molecular complexity index is 312. The Morgan fingerprint density at radius 1 is 1.25 bits per heavy atom. The molecule has 0 spiro atoms. The minimum Gasteiger partial charge on any atom is -0.308 e. The van der Waals surface area contributed by atoms with E-state index in [1.54, 1.807) is 12.4 Å². The van der Waals surface area contributed by atoms with Gasteiger partial charge in [-0.2, -0.15) is 0 Å².